The Morgan fingerprint density at radius 1 is 0.840 bits per heavy atom. The lowest BCUT2D eigenvalue weighted by Crippen LogP contribution is -2.38. The van der Waals surface area contributed by atoms with E-state index in [1.807, 2.05) is 60.7 Å². The number of aliphatic imine (C=N–C) groups is 1. The second-order valence-corrected chi connectivity index (χ2v) is 6.01. The summed E-state index contributed by atoms with van der Waals surface area (Å²) in [5.74, 6) is 1.27. The normalized spacial score (nSPS) is 14.2. The van der Waals surface area contributed by atoms with Crippen LogP contribution in [0.2, 0.25) is 0 Å². The van der Waals surface area contributed by atoms with Crippen molar-refractivity contribution < 1.29 is 8.79 Å². The second-order valence-electron chi connectivity index (χ2n) is 6.01. The first kappa shape index (κ1) is 14.2. The minimum Gasteiger partial charge on any atom is -0.318 e. The Balaban J connectivity index is 1.72. The molecule has 0 aliphatic carbocycles. The average Bonchev–Trinajstić information content (AvgIpc) is 3.01. The number of hydrogen-bond donors (Lipinski definition) is 1. The molecule has 0 spiro atoms. The van der Waals surface area contributed by atoms with Gasteiger partial charge in [0.25, 0.3) is 5.84 Å². The van der Waals surface area contributed by atoms with Crippen LogP contribution in [-0.2, 0) is 0 Å². The smallest absolute Gasteiger partial charge is 0.318 e. The van der Waals surface area contributed by atoms with Crippen molar-refractivity contribution in [1.82, 2.24) is 0 Å². The molecule has 3 aromatic carbocycles. The molecule has 2 heterocycles. The standard InChI is InChI=1S/C20H13BFN3/c22-21-25-17-10-2-1-5-13(17)11-12-18(25)24-20-15-8-3-6-14-7-4-9-16(23-20)19(14)15/h1-12H,(H,23,24)/q+1. The van der Waals surface area contributed by atoms with Crippen molar-refractivity contribution in [1.29, 1.82) is 0 Å². The summed E-state index contributed by atoms with van der Waals surface area (Å²) in [4.78, 5) is 4.72. The highest BCUT2D eigenvalue weighted by atomic mass is 19.1. The second kappa shape index (κ2) is 5.41. The number of nitrogens with one attached hydrogen (secondary N) is 1. The van der Waals surface area contributed by atoms with E-state index in [0.717, 1.165) is 38.8 Å². The SMILES string of the molecule is F[B][n+]1c(N=C2Nc3cccc4cccc2c34)ccc2ccccc21. The van der Waals surface area contributed by atoms with E-state index in [-0.39, 0.29) is 0 Å². The maximum atomic E-state index is 13.6. The largest absolute Gasteiger partial charge is 0.640 e. The number of nitrogens with zero attached hydrogens (tertiary/aromatic N) is 2. The molecule has 0 atom stereocenters. The van der Waals surface area contributed by atoms with Gasteiger partial charge >= 0.3 is 13.5 Å². The number of pyridine rings is 1. The molecule has 5 heteroatoms. The molecular weight excluding hydrogens is 312 g/mol. The van der Waals surface area contributed by atoms with Gasteiger partial charge in [-0.1, -0.05) is 42.5 Å². The van der Waals surface area contributed by atoms with Crippen molar-refractivity contribution in [2.24, 2.45) is 4.99 Å². The number of hydrogen-bond acceptors (Lipinski definition) is 1. The van der Waals surface area contributed by atoms with Crippen LogP contribution in [-0.4, -0.2) is 13.5 Å². The fraction of sp³-hybridized carbons (Fsp3) is 0. The summed E-state index contributed by atoms with van der Waals surface area (Å²) in [6.07, 6.45) is 0. The lowest BCUT2D eigenvalue weighted by Gasteiger charge is -2.02. The van der Waals surface area contributed by atoms with Gasteiger partial charge in [0.05, 0.1) is 11.3 Å². The highest BCUT2D eigenvalue weighted by molar-refractivity contribution is 6.26. The maximum Gasteiger partial charge on any atom is 0.640 e. The van der Waals surface area contributed by atoms with Crippen LogP contribution in [0, 0.1) is 0 Å². The van der Waals surface area contributed by atoms with Crippen LogP contribution in [0.1, 0.15) is 5.56 Å². The molecule has 1 aliphatic rings. The number of fused-ring (bicyclic) bond motifs is 1. The Kier molecular flexibility index (Phi) is 3.07. The number of amidine groups is 1. The number of halogens is 1. The summed E-state index contributed by atoms with van der Waals surface area (Å²) in [5.41, 5.74) is 2.84. The molecular formula is C20H13BFN3+. The topological polar surface area (TPSA) is 28.3 Å². The zero-order chi connectivity index (χ0) is 16.8. The highest BCUT2D eigenvalue weighted by Gasteiger charge is 2.25. The molecule has 0 fully saturated rings. The Hall–Kier alpha value is -3.21. The number of rotatable bonds is 2. The average molecular weight is 325 g/mol. The fourth-order valence-electron chi connectivity index (χ4n) is 3.45. The number of benzene rings is 3. The molecule has 1 N–H and O–H groups in total. The molecule has 0 amide bonds. The summed E-state index contributed by atoms with van der Waals surface area (Å²) >= 11 is 0. The zero-order valence-electron chi connectivity index (χ0n) is 13.3. The summed E-state index contributed by atoms with van der Waals surface area (Å²) in [6, 6.07) is 23.7. The molecule has 0 saturated heterocycles. The van der Waals surface area contributed by atoms with E-state index in [1.165, 1.54) is 4.48 Å². The monoisotopic (exact) mass is 325 g/mol. The van der Waals surface area contributed by atoms with Crippen LogP contribution < -0.4 is 9.79 Å². The summed E-state index contributed by atoms with van der Waals surface area (Å²) < 4.78 is 15.1. The van der Waals surface area contributed by atoms with E-state index in [2.05, 4.69) is 17.4 Å². The molecule has 0 bridgehead atoms. The molecule has 25 heavy (non-hydrogen) atoms. The highest BCUT2D eigenvalue weighted by Crippen LogP contribution is 2.33. The van der Waals surface area contributed by atoms with Gasteiger partial charge in [-0.3, -0.25) is 8.79 Å². The lowest BCUT2D eigenvalue weighted by molar-refractivity contribution is -0.492. The molecule has 1 aromatic heterocycles. The Labute approximate surface area is 144 Å². The van der Waals surface area contributed by atoms with E-state index in [4.69, 9.17) is 4.99 Å². The van der Waals surface area contributed by atoms with Crippen molar-refractivity contribution in [3.8, 4) is 0 Å². The molecule has 117 valence electrons. The first-order chi connectivity index (χ1) is 12.3. The number of anilines is 1. The van der Waals surface area contributed by atoms with E-state index < -0.39 is 0 Å². The minimum atomic E-state index is 0.536. The van der Waals surface area contributed by atoms with Gasteiger partial charge in [0, 0.05) is 16.8 Å². The molecule has 3 nitrogen and oxygen atoms in total. The van der Waals surface area contributed by atoms with Gasteiger partial charge < -0.3 is 5.32 Å². The predicted octanol–water partition coefficient (Wildman–Crippen LogP) is 4.14. The van der Waals surface area contributed by atoms with Gasteiger partial charge in [0.1, 0.15) is 5.52 Å². The third-order valence-corrected chi connectivity index (χ3v) is 4.59. The first-order valence-electron chi connectivity index (χ1n) is 8.10. The van der Waals surface area contributed by atoms with Gasteiger partial charge in [-0.05, 0) is 34.6 Å². The van der Waals surface area contributed by atoms with Crippen molar-refractivity contribution in [2.75, 3.05) is 5.32 Å². The van der Waals surface area contributed by atoms with Crippen LogP contribution in [0.25, 0.3) is 21.7 Å². The number of para-hydroxylation sites is 1. The lowest BCUT2D eigenvalue weighted by atomic mass is 10.1. The molecule has 0 unspecified atom stereocenters. The minimum absolute atomic E-state index is 0.536. The fourth-order valence-corrected chi connectivity index (χ4v) is 3.45. The first-order valence-corrected chi connectivity index (χ1v) is 8.10. The third-order valence-electron chi connectivity index (χ3n) is 4.59. The summed E-state index contributed by atoms with van der Waals surface area (Å²) in [7, 11) is 0.560. The van der Waals surface area contributed by atoms with Gasteiger partial charge in [-0.2, -0.15) is 0 Å². The third kappa shape index (κ3) is 2.13. The van der Waals surface area contributed by atoms with Crippen LogP contribution >= 0.6 is 0 Å². The van der Waals surface area contributed by atoms with Gasteiger partial charge in [0.2, 0.25) is 0 Å². The zero-order valence-corrected chi connectivity index (χ0v) is 13.3. The summed E-state index contributed by atoms with van der Waals surface area (Å²) in [5, 5.41) is 6.64. The quantitative estimate of drug-likeness (QED) is 0.551. The Morgan fingerprint density at radius 3 is 2.52 bits per heavy atom. The van der Waals surface area contributed by atoms with Crippen LogP contribution in [0.3, 0.4) is 0 Å². The molecule has 5 rings (SSSR count). The van der Waals surface area contributed by atoms with E-state index in [0.29, 0.717) is 13.5 Å². The van der Waals surface area contributed by atoms with Gasteiger partial charge in [-0.25, -0.2) is 0 Å². The summed E-state index contributed by atoms with van der Waals surface area (Å²) in [6.45, 7) is 0. The van der Waals surface area contributed by atoms with Crippen LogP contribution in [0.5, 0.6) is 0 Å². The molecule has 0 saturated carbocycles. The molecule has 1 aliphatic heterocycles. The Bertz CT molecular complexity index is 1160. The van der Waals surface area contributed by atoms with Crippen molar-refractivity contribution in [2.45, 2.75) is 0 Å². The van der Waals surface area contributed by atoms with Gasteiger partial charge in [0.15, 0.2) is 0 Å². The van der Waals surface area contributed by atoms with Crippen molar-refractivity contribution in [3.05, 3.63) is 78.4 Å². The van der Waals surface area contributed by atoms with Crippen molar-refractivity contribution in [3.63, 3.8) is 0 Å². The predicted molar refractivity (Wildman–Crippen MR) is 100 cm³/mol. The van der Waals surface area contributed by atoms with Crippen LogP contribution in [0.4, 0.5) is 15.8 Å². The van der Waals surface area contributed by atoms with Crippen molar-refractivity contribution >= 4 is 46.7 Å². The van der Waals surface area contributed by atoms with E-state index in [9.17, 15) is 4.32 Å². The maximum absolute atomic E-state index is 13.6. The molecule has 4 aromatic rings. The number of aromatic nitrogens is 1. The Morgan fingerprint density at radius 2 is 1.64 bits per heavy atom. The van der Waals surface area contributed by atoms with Crippen LogP contribution in [0.15, 0.2) is 77.8 Å². The van der Waals surface area contributed by atoms with Gasteiger partial charge in [-0.15, -0.1) is 0 Å². The van der Waals surface area contributed by atoms with E-state index >= 15 is 0 Å². The van der Waals surface area contributed by atoms with E-state index in [1.54, 1.807) is 0 Å². The molecule has 1 radical (unpaired) electrons.